The van der Waals surface area contributed by atoms with Crippen LogP contribution in [0.1, 0.15) is 36.0 Å². The molecule has 2 nitrogen and oxygen atoms in total. The summed E-state index contributed by atoms with van der Waals surface area (Å²) < 4.78 is 0. The maximum atomic E-state index is 3.53. The minimum absolute atomic E-state index is 1.11. The van der Waals surface area contributed by atoms with Crippen molar-refractivity contribution >= 4 is 0 Å². The molecule has 0 saturated heterocycles. The van der Waals surface area contributed by atoms with Gasteiger partial charge in [-0.3, -0.25) is 0 Å². The number of unbranched alkanes of at least 4 members (excludes halogenated alkanes) is 1. The van der Waals surface area contributed by atoms with Crippen LogP contribution >= 0.6 is 0 Å². The van der Waals surface area contributed by atoms with E-state index in [1.807, 2.05) is 7.05 Å². The highest BCUT2D eigenvalue weighted by molar-refractivity contribution is 5.35. The Hall–Kier alpha value is -0.860. The highest BCUT2D eigenvalue weighted by Crippen LogP contribution is 2.22. The van der Waals surface area contributed by atoms with E-state index in [0.717, 1.165) is 19.6 Å². The highest BCUT2D eigenvalue weighted by Gasteiger charge is 2.10. The largest absolute Gasteiger partial charge is 0.320 e. The number of fused-ring (bicyclic) bond motifs is 1. The Bertz CT molecular complexity index is 360. The Labute approximate surface area is 111 Å². The van der Waals surface area contributed by atoms with E-state index in [2.05, 4.69) is 28.8 Å². The Morgan fingerprint density at radius 2 is 1.83 bits per heavy atom. The standard InChI is InChI=1S/C16H26N2/c1-17-10-2-3-11-18-12-9-14-7-8-15-5-4-6-16(15)13-14/h7-8,13,17-18H,2-6,9-12H2,1H3. The van der Waals surface area contributed by atoms with E-state index in [1.54, 1.807) is 11.1 Å². The highest BCUT2D eigenvalue weighted by atomic mass is 14.8. The molecule has 2 N–H and O–H groups in total. The molecule has 0 bridgehead atoms. The van der Waals surface area contributed by atoms with Gasteiger partial charge in [-0.2, -0.15) is 0 Å². The third-order valence-corrected chi connectivity index (χ3v) is 3.78. The van der Waals surface area contributed by atoms with Gasteiger partial charge in [0.05, 0.1) is 0 Å². The molecule has 0 spiro atoms. The van der Waals surface area contributed by atoms with Crippen molar-refractivity contribution in [1.29, 1.82) is 0 Å². The fourth-order valence-corrected chi connectivity index (χ4v) is 2.69. The van der Waals surface area contributed by atoms with E-state index < -0.39 is 0 Å². The molecule has 0 fully saturated rings. The zero-order chi connectivity index (χ0) is 12.6. The molecule has 0 amide bonds. The lowest BCUT2D eigenvalue weighted by Gasteiger charge is -2.07. The van der Waals surface area contributed by atoms with Crippen LogP contribution in [0, 0.1) is 0 Å². The van der Waals surface area contributed by atoms with Gasteiger partial charge in [0, 0.05) is 0 Å². The predicted molar refractivity (Wildman–Crippen MR) is 78.2 cm³/mol. The van der Waals surface area contributed by atoms with Gasteiger partial charge in [0.1, 0.15) is 0 Å². The fourth-order valence-electron chi connectivity index (χ4n) is 2.69. The molecule has 18 heavy (non-hydrogen) atoms. The van der Waals surface area contributed by atoms with Crippen molar-refractivity contribution in [2.75, 3.05) is 26.7 Å². The van der Waals surface area contributed by atoms with Crippen molar-refractivity contribution in [3.8, 4) is 0 Å². The summed E-state index contributed by atoms with van der Waals surface area (Å²) in [6.45, 7) is 3.39. The first-order chi connectivity index (χ1) is 8.90. The van der Waals surface area contributed by atoms with Crippen LogP contribution in [-0.4, -0.2) is 26.7 Å². The molecule has 2 rings (SSSR count). The second kappa shape index (κ2) is 7.55. The Morgan fingerprint density at radius 3 is 2.72 bits per heavy atom. The number of benzene rings is 1. The first-order valence-electron chi connectivity index (χ1n) is 7.36. The summed E-state index contributed by atoms with van der Waals surface area (Å²) >= 11 is 0. The van der Waals surface area contributed by atoms with Crippen molar-refractivity contribution in [3.05, 3.63) is 34.9 Å². The van der Waals surface area contributed by atoms with Crippen LogP contribution in [0.3, 0.4) is 0 Å². The lowest BCUT2D eigenvalue weighted by Crippen LogP contribution is -2.19. The topological polar surface area (TPSA) is 24.1 Å². The quantitative estimate of drug-likeness (QED) is 0.688. The fraction of sp³-hybridized carbons (Fsp3) is 0.625. The van der Waals surface area contributed by atoms with Crippen LogP contribution < -0.4 is 10.6 Å². The molecular weight excluding hydrogens is 220 g/mol. The molecule has 0 aliphatic heterocycles. The molecule has 1 aromatic carbocycles. The molecule has 1 aromatic rings. The summed E-state index contributed by atoms with van der Waals surface area (Å²) in [6, 6.07) is 7.07. The van der Waals surface area contributed by atoms with Crippen molar-refractivity contribution in [2.24, 2.45) is 0 Å². The summed E-state index contributed by atoms with van der Waals surface area (Å²) in [7, 11) is 2.02. The Balaban J connectivity index is 1.62. The second-order valence-corrected chi connectivity index (χ2v) is 5.27. The first-order valence-corrected chi connectivity index (χ1v) is 7.36. The minimum atomic E-state index is 1.11. The summed E-state index contributed by atoms with van der Waals surface area (Å²) in [5.74, 6) is 0. The first kappa shape index (κ1) is 13.6. The van der Waals surface area contributed by atoms with Gasteiger partial charge in [0.25, 0.3) is 0 Å². The van der Waals surface area contributed by atoms with Crippen LogP contribution in [-0.2, 0) is 19.3 Å². The zero-order valence-corrected chi connectivity index (χ0v) is 11.6. The number of hydrogen-bond donors (Lipinski definition) is 2. The summed E-state index contributed by atoms with van der Waals surface area (Å²) in [5.41, 5.74) is 4.68. The molecular formula is C16H26N2. The molecule has 1 aliphatic carbocycles. The van der Waals surface area contributed by atoms with Crippen molar-refractivity contribution in [3.63, 3.8) is 0 Å². The monoisotopic (exact) mass is 246 g/mol. The molecule has 0 unspecified atom stereocenters. The second-order valence-electron chi connectivity index (χ2n) is 5.27. The molecule has 0 radical (unpaired) electrons. The predicted octanol–water partition coefficient (Wildman–Crippen LogP) is 2.31. The number of hydrogen-bond acceptors (Lipinski definition) is 2. The van der Waals surface area contributed by atoms with Crippen molar-refractivity contribution in [1.82, 2.24) is 10.6 Å². The number of rotatable bonds is 8. The van der Waals surface area contributed by atoms with E-state index >= 15 is 0 Å². The van der Waals surface area contributed by atoms with E-state index in [-0.39, 0.29) is 0 Å². The third kappa shape index (κ3) is 4.11. The lowest BCUT2D eigenvalue weighted by atomic mass is 10.0. The van der Waals surface area contributed by atoms with Gasteiger partial charge in [0.2, 0.25) is 0 Å². The number of aryl methyl sites for hydroxylation is 2. The van der Waals surface area contributed by atoms with E-state index in [9.17, 15) is 0 Å². The molecule has 0 heterocycles. The van der Waals surface area contributed by atoms with E-state index in [0.29, 0.717) is 0 Å². The van der Waals surface area contributed by atoms with Crippen molar-refractivity contribution in [2.45, 2.75) is 38.5 Å². The van der Waals surface area contributed by atoms with Gasteiger partial charge in [-0.25, -0.2) is 0 Å². The summed E-state index contributed by atoms with van der Waals surface area (Å²) in [4.78, 5) is 0. The third-order valence-electron chi connectivity index (χ3n) is 3.78. The maximum Gasteiger partial charge on any atom is -0.000835 e. The van der Waals surface area contributed by atoms with Gasteiger partial charge in [0.15, 0.2) is 0 Å². The molecule has 0 aromatic heterocycles. The van der Waals surface area contributed by atoms with E-state index in [1.165, 1.54) is 44.1 Å². The van der Waals surface area contributed by atoms with Crippen LogP contribution in [0.2, 0.25) is 0 Å². The molecule has 0 atom stereocenters. The van der Waals surface area contributed by atoms with Gasteiger partial charge < -0.3 is 10.6 Å². The Kier molecular flexibility index (Phi) is 5.69. The van der Waals surface area contributed by atoms with Crippen LogP contribution in [0.15, 0.2) is 18.2 Å². The van der Waals surface area contributed by atoms with Crippen LogP contribution in [0.5, 0.6) is 0 Å². The zero-order valence-electron chi connectivity index (χ0n) is 11.6. The minimum Gasteiger partial charge on any atom is -0.320 e. The normalized spacial score (nSPS) is 13.8. The summed E-state index contributed by atoms with van der Waals surface area (Å²) in [5, 5.41) is 6.71. The maximum absolute atomic E-state index is 3.53. The Morgan fingerprint density at radius 1 is 1.00 bits per heavy atom. The van der Waals surface area contributed by atoms with Crippen LogP contribution in [0.4, 0.5) is 0 Å². The van der Waals surface area contributed by atoms with Gasteiger partial charge in [-0.1, -0.05) is 18.2 Å². The SMILES string of the molecule is CNCCCCNCCc1ccc2c(c1)CCC2. The van der Waals surface area contributed by atoms with Crippen LogP contribution in [0.25, 0.3) is 0 Å². The van der Waals surface area contributed by atoms with E-state index in [4.69, 9.17) is 0 Å². The average Bonchev–Trinajstić information content (AvgIpc) is 2.85. The van der Waals surface area contributed by atoms with Gasteiger partial charge in [-0.15, -0.1) is 0 Å². The molecule has 100 valence electrons. The number of nitrogens with one attached hydrogen (secondary N) is 2. The molecule has 2 heteroatoms. The van der Waals surface area contributed by atoms with Gasteiger partial charge >= 0.3 is 0 Å². The molecule has 0 saturated carbocycles. The summed E-state index contributed by atoms with van der Waals surface area (Å²) in [6.07, 6.45) is 7.63. The average molecular weight is 246 g/mol. The lowest BCUT2D eigenvalue weighted by molar-refractivity contribution is 0.606. The van der Waals surface area contributed by atoms with Gasteiger partial charge in [-0.05, 0) is 81.9 Å². The van der Waals surface area contributed by atoms with Crippen molar-refractivity contribution < 1.29 is 0 Å². The smallest absolute Gasteiger partial charge is 0.000835 e. The molecule has 1 aliphatic rings.